The van der Waals surface area contributed by atoms with Gasteiger partial charge in [-0.1, -0.05) is 13.8 Å². The lowest BCUT2D eigenvalue weighted by molar-refractivity contribution is 0.329. The summed E-state index contributed by atoms with van der Waals surface area (Å²) in [5.41, 5.74) is 1.25. The first-order valence-corrected chi connectivity index (χ1v) is 9.01. The van der Waals surface area contributed by atoms with Crippen molar-refractivity contribution in [1.29, 1.82) is 0 Å². The molecule has 0 spiro atoms. The summed E-state index contributed by atoms with van der Waals surface area (Å²) < 4.78 is 0. The molecule has 1 aromatic rings. The SMILES string of the molecule is CC(C)c1csc(CCNCCCCN2CCCC2)n1. The van der Waals surface area contributed by atoms with Gasteiger partial charge in [0.25, 0.3) is 0 Å². The molecule has 1 aliphatic heterocycles. The molecule has 0 saturated carbocycles. The maximum absolute atomic E-state index is 4.67. The van der Waals surface area contributed by atoms with E-state index in [-0.39, 0.29) is 0 Å². The zero-order chi connectivity index (χ0) is 14.2. The Morgan fingerprint density at radius 1 is 1.25 bits per heavy atom. The van der Waals surface area contributed by atoms with Gasteiger partial charge in [0, 0.05) is 18.3 Å². The van der Waals surface area contributed by atoms with E-state index in [9.17, 15) is 0 Å². The molecule has 20 heavy (non-hydrogen) atoms. The monoisotopic (exact) mass is 295 g/mol. The van der Waals surface area contributed by atoms with Gasteiger partial charge in [-0.25, -0.2) is 4.98 Å². The summed E-state index contributed by atoms with van der Waals surface area (Å²) >= 11 is 1.81. The van der Waals surface area contributed by atoms with E-state index >= 15 is 0 Å². The number of hydrogen-bond acceptors (Lipinski definition) is 4. The van der Waals surface area contributed by atoms with Gasteiger partial charge in [-0.2, -0.15) is 0 Å². The van der Waals surface area contributed by atoms with Crippen molar-refractivity contribution in [3.05, 3.63) is 16.1 Å². The van der Waals surface area contributed by atoms with Crippen molar-refractivity contribution in [3.63, 3.8) is 0 Å². The lowest BCUT2D eigenvalue weighted by atomic mass is 10.2. The van der Waals surface area contributed by atoms with Crippen LogP contribution in [0.3, 0.4) is 0 Å². The average molecular weight is 295 g/mol. The molecule has 0 amide bonds. The van der Waals surface area contributed by atoms with Crippen molar-refractivity contribution < 1.29 is 0 Å². The highest BCUT2D eigenvalue weighted by atomic mass is 32.1. The van der Waals surface area contributed by atoms with E-state index in [0.717, 1.165) is 19.5 Å². The first-order chi connectivity index (χ1) is 9.75. The third-order valence-corrected chi connectivity index (χ3v) is 4.88. The number of rotatable bonds is 9. The van der Waals surface area contributed by atoms with Crippen LogP contribution in [-0.4, -0.2) is 42.6 Å². The predicted molar refractivity (Wildman–Crippen MR) is 87.7 cm³/mol. The van der Waals surface area contributed by atoms with Crippen LogP contribution in [0.15, 0.2) is 5.38 Å². The summed E-state index contributed by atoms with van der Waals surface area (Å²) in [6, 6.07) is 0. The second-order valence-corrected chi connectivity index (χ2v) is 7.02. The van der Waals surface area contributed by atoms with E-state index in [1.54, 1.807) is 11.3 Å². The van der Waals surface area contributed by atoms with Crippen LogP contribution in [0.5, 0.6) is 0 Å². The summed E-state index contributed by atoms with van der Waals surface area (Å²) in [5.74, 6) is 0.554. The maximum Gasteiger partial charge on any atom is 0.0941 e. The molecule has 0 aromatic carbocycles. The van der Waals surface area contributed by atoms with Crippen molar-refractivity contribution in [2.24, 2.45) is 0 Å². The molecule has 3 nitrogen and oxygen atoms in total. The molecule has 2 rings (SSSR count). The number of likely N-dealkylation sites (tertiary alicyclic amines) is 1. The van der Waals surface area contributed by atoms with Crippen molar-refractivity contribution in [2.75, 3.05) is 32.7 Å². The van der Waals surface area contributed by atoms with E-state index in [4.69, 9.17) is 0 Å². The van der Waals surface area contributed by atoms with Gasteiger partial charge >= 0.3 is 0 Å². The summed E-state index contributed by atoms with van der Waals surface area (Å²) in [4.78, 5) is 7.27. The van der Waals surface area contributed by atoms with Gasteiger partial charge in [0.15, 0.2) is 0 Å². The first kappa shape index (κ1) is 15.9. The first-order valence-electron chi connectivity index (χ1n) is 8.13. The number of nitrogens with zero attached hydrogens (tertiary/aromatic N) is 2. The van der Waals surface area contributed by atoms with Crippen LogP contribution < -0.4 is 5.32 Å². The Morgan fingerprint density at radius 2 is 2.05 bits per heavy atom. The normalized spacial score (nSPS) is 16.4. The van der Waals surface area contributed by atoms with E-state index in [1.165, 1.54) is 56.0 Å². The van der Waals surface area contributed by atoms with Crippen molar-refractivity contribution in [1.82, 2.24) is 15.2 Å². The van der Waals surface area contributed by atoms with Crippen LogP contribution in [0.25, 0.3) is 0 Å². The Balaban J connectivity index is 1.46. The quantitative estimate of drug-likeness (QED) is 0.709. The molecule has 0 aliphatic carbocycles. The molecule has 114 valence electrons. The third kappa shape index (κ3) is 5.51. The zero-order valence-electron chi connectivity index (χ0n) is 13.0. The molecule has 0 atom stereocenters. The molecule has 1 aromatic heterocycles. The molecule has 0 bridgehead atoms. The molecular weight excluding hydrogens is 266 g/mol. The fourth-order valence-corrected chi connectivity index (χ4v) is 3.58. The van der Waals surface area contributed by atoms with Gasteiger partial charge in [-0.05, 0) is 57.8 Å². The molecule has 1 saturated heterocycles. The summed E-state index contributed by atoms with van der Waals surface area (Å²) in [6.45, 7) is 10.6. The van der Waals surface area contributed by atoms with Gasteiger partial charge in [0.2, 0.25) is 0 Å². The Kier molecular flexibility index (Phi) is 6.97. The Morgan fingerprint density at radius 3 is 2.75 bits per heavy atom. The van der Waals surface area contributed by atoms with Crippen LogP contribution in [-0.2, 0) is 6.42 Å². The Bertz CT molecular complexity index is 370. The summed E-state index contributed by atoms with van der Waals surface area (Å²) in [7, 11) is 0. The van der Waals surface area contributed by atoms with Crippen molar-refractivity contribution in [2.45, 2.75) is 51.9 Å². The Hall–Kier alpha value is -0.450. The second-order valence-electron chi connectivity index (χ2n) is 6.08. The topological polar surface area (TPSA) is 28.2 Å². The van der Waals surface area contributed by atoms with Crippen LogP contribution in [0.4, 0.5) is 0 Å². The molecule has 0 radical (unpaired) electrons. The van der Waals surface area contributed by atoms with Gasteiger partial charge in [0.1, 0.15) is 0 Å². The fourth-order valence-electron chi connectivity index (χ4n) is 2.62. The fraction of sp³-hybridized carbons (Fsp3) is 0.812. The highest BCUT2D eigenvalue weighted by Crippen LogP contribution is 2.17. The highest BCUT2D eigenvalue weighted by molar-refractivity contribution is 7.09. The average Bonchev–Trinajstić information content (AvgIpc) is 3.08. The minimum absolute atomic E-state index is 0.554. The smallest absolute Gasteiger partial charge is 0.0941 e. The minimum atomic E-state index is 0.554. The molecule has 1 aliphatic rings. The van der Waals surface area contributed by atoms with Gasteiger partial charge in [-0.3, -0.25) is 0 Å². The molecule has 2 heterocycles. The highest BCUT2D eigenvalue weighted by Gasteiger charge is 2.10. The molecule has 4 heteroatoms. The molecule has 1 fully saturated rings. The lowest BCUT2D eigenvalue weighted by Crippen LogP contribution is -2.23. The molecule has 1 N–H and O–H groups in total. The number of unbranched alkanes of at least 4 members (excludes halogenated alkanes) is 1. The van der Waals surface area contributed by atoms with Crippen LogP contribution in [0.1, 0.15) is 56.2 Å². The number of thiazole rings is 1. The predicted octanol–water partition coefficient (Wildman–Crippen LogP) is 3.27. The van der Waals surface area contributed by atoms with Crippen molar-refractivity contribution >= 4 is 11.3 Å². The van der Waals surface area contributed by atoms with Crippen LogP contribution in [0.2, 0.25) is 0 Å². The van der Waals surface area contributed by atoms with E-state index in [0.29, 0.717) is 5.92 Å². The summed E-state index contributed by atoms with van der Waals surface area (Å²) in [6.07, 6.45) is 6.52. The van der Waals surface area contributed by atoms with E-state index < -0.39 is 0 Å². The second kappa shape index (κ2) is 8.75. The van der Waals surface area contributed by atoms with E-state index in [1.807, 2.05) is 0 Å². The molecular formula is C16H29N3S. The Labute approximate surface area is 127 Å². The van der Waals surface area contributed by atoms with Gasteiger partial charge in [0.05, 0.1) is 10.7 Å². The van der Waals surface area contributed by atoms with E-state index in [2.05, 4.69) is 34.4 Å². The summed E-state index contributed by atoms with van der Waals surface area (Å²) in [5, 5.41) is 7.03. The number of aromatic nitrogens is 1. The zero-order valence-corrected chi connectivity index (χ0v) is 13.8. The van der Waals surface area contributed by atoms with Crippen molar-refractivity contribution in [3.8, 4) is 0 Å². The van der Waals surface area contributed by atoms with Crippen LogP contribution in [0, 0.1) is 0 Å². The molecule has 0 unspecified atom stereocenters. The minimum Gasteiger partial charge on any atom is -0.316 e. The number of nitrogens with one attached hydrogen (secondary N) is 1. The van der Waals surface area contributed by atoms with Crippen LogP contribution >= 0.6 is 11.3 Å². The number of hydrogen-bond donors (Lipinski definition) is 1. The van der Waals surface area contributed by atoms with Gasteiger partial charge < -0.3 is 10.2 Å². The standard InChI is InChI=1S/C16H29N3S/c1-14(2)15-13-20-16(18-15)7-9-17-8-3-4-10-19-11-5-6-12-19/h13-14,17H,3-12H2,1-2H3. The maximum atomic E-state index is 4.67. The van der Waals surface area contributed by atoms with Gasteiger partial charge in [-0.15, -0.1) is 11.3 Å². The third-order valence-electron chi connectivity index (χ3n) is 3.95. The lowest BCUT2D eigenvalue weighted by Gasteiger charge is -2.13. The largest absolute Gasteiger partial charge is 0.316 e.